The van der Waals surface area contributed by atoms with Gasteiger partial charge >= 0.3 is 5.97 Å². The summed E-state index contributed by atoms with van der Waals surface area (Å²) in [6.07, 6.45) is -1.06. The van der Waals surface area contributed by atoms with Gasteiger partial charge in [0.1, 0.15) is 5.82 Å². The van der Waals surface area contributed by atoms with Gasteiger partial charge in [-0.05, 0) is 34.1 Å². The summed E-state index contributed by atoms with van der Waals surface area (Å²) in [4.78, 5) is 26.0. The van der Waals surface area contributed by atoms with Gasteiger partial charge in [0.15, 0.2) is 0 Å². The molecule has 0 N–H and O–H groups in total. The van der Waals surface area contributed by atoms with Gasteiger partial charge in [0.05, 0.1) is 5.56 Å². The third-order valence-corrected chi connectivity index (χ3v) is 3.80. The highest BCUT2D eigenvalue weighted by molar-refractivity contribution is 9.10. The van der Waals surface area contributed by atoms with Crippen molar-refractivity contribution in [2.24, 2.45) is 0 Å². The number of esters is 1. The maximum absolute atomic E-state index is 13.1. The molecule has 2 aromatic carbocycles. The standard InChI is InChI=1S/C17H15BrFNO3/c1-20(2)16(21)15(11-6-4-3-5-7-11)23-17(22)13-9-8-12(19)10-14(13)18/h3-10,15H,1-2H3/t15-/m0/s1. The average Bonchev–Trinajstić information content (AvgIpc) is 2.52. The first-order valence-corrected chi connectivity index (χ1v) is 7.61. The van der Waals surface area contributed by atoms with Gasteiger partial charge in [-0.25, -0.2) is 9.18 Å². The van der Waals surface area contributed by atoms with E-state index >= 15 is 0 Å². The summed E-state index contributed by atoms with van der Waals surface area (Å²) in [6.45, 7) is 0. The van der Waals surface area contributed by atoms with Gasteiger partial charge < -0.3 is 9.64 Å². The zero-order valence-electron chi connectivity index (χ0n) is 12.6. The highest BCUT2D eigenvalue weighted by Crippen LogP contribution is 2.24. The molecule has 2 aromatic rings. The molecule has 0 bridgehead atoms. The van der Waals surface area contributed by atoms with E-state index in [1.165, 1.54) is 17.0 Å². The van der Waals surface area contributed by atoms with Crippen LogP contribution in [0.1, 0.15) is 22.0 Å². The predicted octanol–water partition coefficient (Wildman–Crippen LogP) is 3.57. The van der Waals surface area contributed by atoms with E-state index in [1.54, 1.807) is 44.4 Å². The number of benzene rings is 2. The molecule has 0 radical (unpaired) electrons. The molecule has 0 aliphatic carbocycles. The Morgan fingerprint density at radius 2 is 1.78 bits per heavy atom. The van der Waals surface area contributed by atoms with Crippen LogP contribution in [0, 0.1) is 5.82 Å². The van der Waals surface area contributed by atoms with Gasteiger partial charge in [0, 0.05) is 24.1 Å². The molecule has 0 aromatic heterocycles. The molecule has 0 saturated carbocycles. The molecule has 120 valence electrons. The summed E-state index contributed by atoms with van der Waals surface area (Å²) in [5.74, 6) is -1.54. The Morgan fingerprint density at radius 1 is 1.13 bits per heavy atom. The summed E-state index contributed by atoms with van der Waals surface area (Å²) < 4.78 is 18.8. The SMILES string of the molecule is CN(C)C(=O)[C@@H](OC(=O)c1ccc(F)cc1Br)c1ccccc1. The van der Waals surface area contributed by atoms with Gasteiger partial charge in [0.25, 0.3) is 5.91 Å². The van der Waals surface area contributed by atoms with E-state index in [2.05, 4.69) is 15.9 Å². The first kappa shape index (κ1) is 17.1. The number of hydrogen-bond acceptors (Lipinski definition) is 3. The maximum Gasteiger partial charge on any atom is 0.340 e. The lowest BCUT2D eigenvalue weighted by molar-refractivity contribution is -0.138. The van der Waals surface area contributed by atoms with Crippen molar-refractivity contribution in [2.75, 3.05) is 14.1 Å². The predicted molar refractivity (Wildman–Crippen MR) is 87.4 cm³/mol. The number of likely N-dealkylation sites (N-methyl/N-ethyl adjacent to an activating group) is 1. The minimum Gasteiger partial charge on any atom is -0.444 e. The molecular formula is C17H15BrFNO3. The molecule has 0 aliphatic heterocycles. The topological polar surface area (TPSA) is 46.6 Å². The highest BCUT2D eigenvalue weighted by atomic mass is 79.9. The molecule has 0 heterocycles. The summed E-state index contributed by atoms with van der Waals surface area (Å²) in [5.41, 5.74) is 0.719. The molecule has 6 heteroatoms. The van der Waals surface area contributed by atoms with Gasteiger partial charge in [-0.2, -0.15) is 0 Å². The Morgan fingerprint density at radius 3 is 2.35 bits per heavy atom. The first-order chi connectivity index (χ1) is 10.9. The molecule has 1 amide bonds. The largest absolute Gasteiger partial charge is 0.444 e. The second-order valence-electron chi connectivity index (χ2n) is 5.05. The molecule has 0 spiro atoms. The first-order valence-electron chi connectivity index (χ1n) is 6.82. The third-order valence-electron chi connectivity index (χ3n) is 3.14. The van der Waals surface area contributed by atoms with Crippen molar-refractivity contribution in [3.05, 3.63) is 69.9 Å². The van der Waals surface area contributed by atoms with Gasteiger partial charge in [-0.15, -0.1) is 0 Å². The van der Waals surface area contributed by atoms with Crippen LogP contribution < -0.4 is 0 Å². The van der Waals surface area contributed by atoms with Crippen LogP contribution in [0.15, 0.2) is 53.0 Å². The monoisotopic (exact) mass is 379 g/mol. The van der Waals surface area contributed by atoms with Crippen LogP contribution >= 0.6 is 15.9 Å². The lowest BCUT2D eigenvalue weighted by Crippen LogP contribution is -2.31. The number of carbonyl (C=O) groups is 2. The Bertz CT molecular complexity index is 719. The van der Waals surface area contributed by atoms with Crippen molar-refractivity contribution in [1.29, 1.82) is 0 Å². The molecule has 0 fully saturated rings. The Kier molecular flexibility index (Phi) is 5.50. The zero-order chi connectivity index (χ0) is 17.0. The number of nitrogens with zero attached hydrogens (tertiary/aromatic N) is 1. The highest BCUT2D eigenvalue weighted by Gasteiger charge is 2.27. The zero-order valence-corrected chi connectivity index (χ0v) is 14.2. The Balaban J connectivity index is 2.30. The van der Waals surface area contributed by atoms with Crippen LogP contribution in [0.2, 0.25) is 0 Å². The lowest BCUT2D eigenvalue weighted by atomic mass is 10.1. The van der Waals surface area contributed by atoms with Crippen LogP contribution in [0.4, 0.5) is 4.39 Å². The maximum atomic E-state index is 13.1. The van der Waals surface area contributed by atoms with E-state index in [4.69, 9.17) is 4.74 Å². The number of carbonyl (C=O) groups excluding carboxylic acids is 2. The summed E-state index contributed by atoms with van der Waals surface area (Å²) in [6, 6.07) is 12.4. The van der Waals surface area contributed by atoms with Crippen molar-refractivity contribution in [1.82, 2.24) is 4.90 Å². The number of amides is 1. The second-order valence-corrected chi connectivity index (χ2v) is 5.91. The van der Waals surface area contributed by atoms with Gasteiger partial charge in [-0.1, -0.05) is 30.3 Å². The van der Waals surface area contributed by atoms with Crippen LogP contribution in [0.3, 0.4) is 0 Å². The molecule has 0 unspecified atom stereocenters. The van der Waals surface area contributed by atoms with E-state index in [1.807, 2.05) is 0 Å². The van der Waals surface area contributed by atoms with Gasteiger partial charge in [0.2, 0.25) is 6.10 Å². The summed E-state index contributed by atoms with van der Waals surface area (Å²) in [5, 5.41) is 0. The van der Waals surface area contributed by atoms with Crippen LogP contribution in [0.25, 0.3) is 0 Å². The fourth-order valence-electron chi connectivity index (χ4n) is 1.95. The van der Waals surface area contributed by atoms with Gasteiger partial charge in [-0.3, -0.25) is 4.79 Å². The van der Waals surface area contributed by atoms with Crippen LogP contribution in [-0.4, -0.2) is 30.9 Å². The molecule has 0 aliphatic rings. The van der Waals surface area contributed by atoms with E-state index in [9.17, 15) is 14.0 Å². The van der Waals surface area contributed by atoms with E-state index < -0.39 is 17.9 Å². The van der Waals surface area contributed by atoms with Crippen molar-refractivity contribution in [3.8, 4) is 0 Å². The third kappa shape index (κ3) is 4.16. The Hall–Kier alpha value is -2.21. The molecule has 2 rings (SSSR count). The Labute approximate surface area is 142 Å². The second kappa shape index (κ2) is 7.37. The van der Waals surface area contributed by atoms with Crippen LogP contribution in [-0.2, 0) is 9.53 Å². The summed E-state index contributed by atoms with van der Waals surface area (Å²) in [7, 11) is 3.17. The minimum atomic E-state index is -1.06. The van der Waals surface area contributed by atoms with Crippen molar-refractivity contribution in [2.45, 2.75) is 6.10 Å². The number of halogens is 2. The van der Waals surface area contributed by atoms with E-state index in [0.717, 1.165) is 6.07 Å². The van der Waals surface area contributed by atoms with Crippen molar-refractivity contribution >= 4 is 27.8 Å². The van der Waals surface area contributed by atoms with Crippen LogP contribution in [0.5, 0.6) is 0 Å². The lowest BCUT2D eigenvalue weighted by Gasteiger charge is -2.21. The molecule has 1 atom stereocenters. The molecular weight excluding hydrogens is 365 g/mol. The average molecular weight is 380 g/mol. The fraction of sp³-hybridized carbons (Fsp3) is 0.176. The number of rotatable bonds is 4. The molecule has 23 heavy (non-hydrogen) atoms. The quantitative estimate of drug-likeness (QED) is 0.762. The number of ether oxygens (including phenoxy) is 1. The fourth-order valence-corrected chi connectivity index (χ4v) is 2.46. The van der Waals surface area contributed by atoms with E-state index in [-0.39, 0.29) is 15.9 Å². The molecule has 4 nitrogen and oxygen atoms in total. The minimum absolute atomic E-state index is 0.152. The smallest absolute Gasteiger partial charge is 0.340 e. The molecule has 0 saturated heterocycles. The van der Waals surface area contributed by atoms with Crippen molar-refractivity contribution in [3.63, 3.8) is 0 Å². The number of hydrogen-bond donors (Lipinski definition) is 0. The van der Waals surface area contributed by atoms with Crippen molar-refractivity contribution < 1.29 is 18.7 Å². The van der Waals surface area contributed by atoms with E-state index in [0.29, 0.717) is 5.56 Å². The summed E-state index contributed by atoms with van der Waals surface area (Å²) >= 11 is 3.12. The normalized spacial score (nSPS) is 11.7.